The second-order valence-electron chi connectivity index (χ2n) is 8.47. The van der Waals surface area contributed by atoms with Crippen LogP contribution in [0, 0.1) is 0 Å². The highest BCUT2D eigenvalue weighted by Gasteiger charge is 2.28. The van der Waals surface area contributed by atoms with Gasteiger partial charge >= 0.3 is 0 Å². The number of aromatic nitrogens is 2. The van der Waals surface area contributed by atoms with Crippen molar-refractivity contribution in [3.63, 3.8) is 0 Å². The van der Waals surface area contributed by atoms with Gasteiger partial charge in [-0.25, -0.2) is 0 Å². The van der Waals surface area contributed by atoms with E-state index in [2.05, 4.69) is 79.0 Å². The molecule has 30 heavy (non-hydrogen) atoms. The summed E-state index contributed by atoms with van der Waals surface area (Å²) in [6, 6.07) is 20.0. The van der Waals surface area contributed by atoms with Gasteiger partial charge in [0.15, 0.2) is 0 Å². The van der Waals surface area contributed by atoms with Crippen LogP contribution >= 0.6 is 0 Å². The molecule has 2 aromatic heterocycles. The number of para-hydroxylation sites is 1. The molecule has 5 heteroatoms. The molecular formula is C25H31N5. The minimum atomic E-state index is 0.679. The predicted molar refractivity (Wildman–Crippen MR) is 122 cm³/mol. The van der Waals surface area contributed by atoms with Crippen molar-refractivity contribution < 1.29 is 0 Å². The molecule has 1 atom stereocenters. The first-order valence-corrected chi connectivity index (χ1v) is 11.2. The van der Waals surface area contributed by atoms with Gasteiger partial charge in [0, 0.05) is 69.1 Å². The third-order valence-electron chi connectivity index (χ3n) is 6.58. The lowest BCUT2D eigenvalue weighted by Crippen LogP contribution is -2.55. The Balaban J connectivity index is 1.19. The fourth-order valence-electron chi connectivity index (χ4n) is 4.98. The molecule has 3 aromatic rings. The lowest BCUT2D eigenvalue weighted by atomic mass is 10.0. The van der Waals surface area contributed by atoms with Crippen molar-refractivity contribution in [1.29, 1.82) is 0 Å². The molecule has 5 nitrogen and oxygen atoms in total. The van der Waals surface area contributed by atoms with Crippen LogP contribution in [0.25, 0.3) is 5.69 Å². The summed E-state index contributed by atoms with van der Waals surface area (Å²) in [4.78, 5) is 12.2. The zero-order chi connectivity index (χ0) is 20.2. The summed E-state index contributed by atoms with van der Waals surface area (Å²) in [6.45, 7) is 7.96. The molecule has 0 saturated carbocycles. The number of piperidine rings is 1. The molecule has 0 bridgehead atoms. The van der Waals surface area contributed by atoms with E-state index in [-0.39, 0.29) is 0 Å². The van der Waals surface area contributed by atoms with Crippen LogP contribution in [0.15, 0.2) is 73.2 Å². The molecule has 0 spiro atoms. The van der Waals surface area contributed by atoms with E-state index >= 15 is 0 Å². The Morgan fingerprint density at radius 2 is 1.67 bits per heavy atom. The van der Waals surface area contributed by atoms with Crippen LogP contribution in [0.2, 0.25) is 0 Å². The summed E-state index contributed by atoms with van der Waals surface area (Å²) in [5.74, 6) is 0. The van der Waals surface area contributed by atoms with Crippen LogP contribution in [-0.2, 0) is 6.54 Å². The number of rotatable bonds is 5. The third kappa shape index (κ3) is 4.27. The molecule has 0 N–H and O–H groups in total. The summed E-state index contributed by atoms with van der Waals surface area (Å²) in [6.07, 6.45) is 8.54. The molecule has 2 aliphatic rings. The van der Waals surface area contributed by atoms with Gasteiger partial charge in [-0.1, -0.05) is 18.2 Å². The average molecular weight is 402 g/mol. The van der Waals surface area contributed by atoms with E-state index in [9.17, 15) is 0 Å². The number of pyridine rings is 1. The first kappa shape index (κ1) is 19.3. The molecule has 0 aliphatic carbocycles. The Kier molecular flexibility index (Phi) is 5.82. The van der Waals surface area contributed by atoms with Crippen LogP contribution in [0.1, 0.15) is 18.5 Å². The molecule has 5 rings (SSSR count). The molecule has 2 saturated heterocycles. The molecule has 1 unspecified atom stereocenters. The standard InChI is InChI=1S/C25H31N5/c1-2-7-22(8-3-1)28-15-17-29(18-16-28)24-10-5-13-27(20-24)21-25-11-6-14-30(25)23-9-4-12-26-19-23/h1-4,6-9,11-12,14,19,24H,5,10,13,15-18,20-21H2. The number of hydrogen-bond donors (Lipinski definition) is 0. The summed E-state index contributed by atoms with van der Waals surface area (Å²) in [5, 5.41) is 0. The maximum absolute atomic E-state index is 4.28. The monoisotopic (exact) mass is 401 g/mol. The average Bonchev–Trinajstić information content (AvgIpc) is 3.29. The van der Waals surface area contributed by atoms with E-state index in [0.717, 1.165) is 25.3 Å². The van der Waals surface area contributed by atoms with Gasteiger partial charge in [0.25, 0.3) is 0 Å². The number of hydrogen-bond acceptors (Lipinski definition) is 4. The van der Waals surface area contributed by atoms with E-state index in [1.807, 2.05) is 18.5 Å². The van der Waals surface area contributed by atoms with Crippen molar-refractivity contribution >= 4 is 5.69 Å². The summed E-state index contributed by atoms with van der Waals surface area (Å²) in [7, 11) is 0. The Morgan fingerprint density at radius 1 is 0.833 bits per heavy atom. The van der Waals surface area contributed by atoms with E-state index in [1.165, 1.54) is 50.4 Å². The van der Waals surface area contributed by atoms with E-state index in [1.54, 1.807) is 0 Å². The van der Waals surface area contributed by atoms with Gasteiger partial charge in [0.1, 0.15) is 0 Å². The highest BCUT2D eigenvalue weighted by molar-refractivity contribution is 5.46. The maximum atomic E-state index is 4.28. The van der Waals surface area contributed by atoms with Gasteiger partial charge in [-0.2, -0.15) is 0 Å². The number of likely N-dealkylation sites (tertiary alicyclic amines) is 1. The summed E-state index contributed by atoms with van der Waals surface area (Å²) < 4.78 is 2.27. The van der Waals surface area contributed by atoms with Crippen molar-refractivity contribution in [3.05, 3.63) is 78.9 Å². The second-order valence-corrected chi connectivity index (χ2v) is 8.47. The van der Waals surface area contributed by atoms with Crippen molar-refractivity contribution in [2.75, 3.05) is 44.2 Å². The minimum Gasteiger partial charge on any atom is -0.369 e. The molecule has 4 heterocycles. The zero-order valence-electron chi connectivity index (χ0n) is 17.6. The molecule has 0 radical (unpaired) electrons. The minimum absolute atomic E-state index is 0.679. The predicted octanol–water partition coefficient (Wildman–Crippen LogP) is 3.66. The highest BCUT2D eigenvalue weighted by atomic mass is 15.3. The van der Waals surface area contributed by atoms with E-state index in [4.69, 9.17) is 0 Å². The second kappa shape index (κ2) is 9.02. The lowest BCUT2D eigenvalue weighted by molar-refractivity contribution is 0.0878. The number of benzene rings is 1. The van der Waals surface area contributed by atoms with Crippen LogP contribution in [0.5, 0.6) is 0 Å². The van der Waals surface area contributed by atoms with Gasteiger partial charge in [0.2, 0.25) is 0 Å². The summed E-state index contributed by atoms with van der Waals surface area (Å²) >= 11 is 0. The first-order valence-electron chi connectivity index (χ1n) is 11.2. The smallest absolute Gasteiger partial charge is 0.0636 e. The van der Waals surface area contributed by atoms with Crippen molar-refractivity contribution in [1.82, 2.24) is 19.4 Å². The Morgan fingerprint density at radius 3 is 2.47 bits per heavy atom. The van der Waals surface area contributed by atoms with Crippen molar-refractivity contribution in [3.8, 4) is 5.69 Å². The normalized spacial score (nSPS) is 21.1. The Bertz CT molecular complexity index is 915. The summed E-state index contributed by atoms with van der Waals surface area (Å²) in [5.41, 5.74) is 3.85. The van der Waals surface area contributed by atoms with Crippen molar-refractivity contribution in [2.24, 2.45) is 0 Å². The quantitative estimate of drug-likeness (QED) is 0.652. The number of piperazine rings is 1. The molecule has 156 valence electrons. The first-order chi connectivity index (χ1) is 14.9. The van der Waals surface area contributed by atoms with Gasteiger partial charge in [0.05, 0.1) is 11.9 Å². The maximum Gasteiger partial charge on any atom is 0.0636 e. The molecule has 2 aliphatic heterocycles. The lowest BCUT2D eigenvalue weighted by Gasteiger charge is -2.44. The molecule has 0 amide bonds. The van der Waals surface area contributed by atoms with Crippen LogP contribution in [0.3, 0.4) is 0 Å². The third-order valence-corrected chi connectivity index (χ3v) is 6.58. The van der Waals surface area contributed by atoms with E-state index < -0.39 is 0 Å². The highest BCUT2D eigenvalue weighted by Crippen LogP contribution is 2.22. The fourth-order valence-corrected chi connectivity index (χ4v) is 4.98. The van der Waals surface area contributed by atoms with Gasteiger partial charge in [-0.15, -0.1) is 0 Å². The molecular weight excluding hydrogens is 370 g/mol. The van der Waals surface area contributed by atoms with E-state index in [0.29, 0.717) is 6.04 Å². The SMILES string of the molecule is c1ccc(N2CCN(C3CCCN(Cc4cccn4-c4cccnc4)C3)CC2)cc1. The topological polar surface area (TPSA) is 27.5 Å². The number of anilines is 1. The Hall–Kier alpha value is -2.63. The van der Waals surface area contributed by atoms with Crippen molar-refractivity contribution in [2.45, 2.75) is 25.4 Å². The largest absolute Gasteiger partial charge is 0.369 e. The Labute approximate surface area is 179 Å². The fraction of sp³-hybridized carbons (Fsp3) is 0.400. The molecule has 2 fully saturated rings. The van der Waals surface area contributed by atoms with Crippen LogP contribution < -0.4 is 4.90 Å². The number of nitrogens with zero attached hydrogens (tertiary/aromatic N) is 5. The van der Waals surface area contributed by atoms with Gasteiger partial charge < -0.3 is 9.47 Å². The zero-order valence-corrected chi connectivity index (χ0v) is 17.6. The van der Waals surface area contributed by atoms with Gasteiger partial charge in [-0.3, -0.25) is 14.8 Å². The van der Waals surface area contributed by atoms with Crippen LogP contribution in [-0.4, -0.2) is 64.7 Å². The van der Waals surface area contributed by atoms with Gasteiger partial charge in [-0.05, 0) is 55.8 Å². The molecule has 1 aromatic carbocycles. The van der Waals surface area contributed by atoms with Crippen LogP contribution in [0.4, 0.5) is 5.69 Å².